The lowest BCUT2D eigenvalue weighted by Crippen LogP contribution is -2.37. The second-order valence-corrected chi connectivity index (χ2v) is 4.89. The summed E-state index contributed by atoms with van der Waals surface area (Å²) in [4.78, 5) is 12.8. The number of likely N-dealkylation sites (tertiary alicyclic amines) is 1. The summed E-state index contributed by atoms with van der Waals surface area (Å²) >= 11 is 0. The number of hydrogen-bond donors (Lipinski definition) is 2. The molecule has 0 saturated carbocycles. The topological polar surface area (TPSA) is 58.4 Å². The van der Waals surface area contributed by atoms with E-state index in [0.717, 1.165) is 0 Å². The van der Waals surface area contributed by atoms with Crippen LogP contribution in [0.3, 0.4) is 0 Å². The van der Waals surface area contributed by atoms with E-state index >= 15 is 0 Å². The number of nitrogens with zero attached hydrogens (tertiary/aromatic N) is 1. The summed E-state index contributed by atoms with van der Waals surface area (Å²) in [5.74, 6) is -0.286. The number of nitrogens with one attached hydrogen (secondary N) is 1. The SMILES string of the molecule is CC(CN)C(=O)NCC1CCN(CC(F)(F)F)C1.Cl.Cl. The third-order valence-electron chi connectivity index (χ3n) is 3.14. The third kappa shape index (κ3) is 8.14. The first-order chi connectivity index (χ1) is 8.31. The Bertz CT molecular complexity index is 293. The highest BCUT2D eigenvalue weighted by Crippen LogP contribution is 2.22. The van der Waals surface area contributed by atoms with Crippen molar-refractivity contribution in [2.45, 2.75) is 19.5 Å². The number of hydrogen-bond acceptors (Lipinski definition) is 3. The summed E-state index contributed by atoms with van der Waals surface area (Å²) < 4.78 is 36.5. The number of alkyl halides is 3. The molecule has 0 aliphatic carbocycles. The lowest BCUT2D eigenvalue weighted by Gasteiger charge is -2.18. The van der Waals surface area contributed by atoms with Crippen LogP contribution >= 0.6 is 24.8 Å². The van der Waals surface area contributed by atoms with Crippen molar-refractivity contribution < 1.29 is 18.0 Å². The van der Waals surface area contributed by atoms with Crippen LogP contribution in [-0.2, 0) is 4.79 Å². The first kappa shape index (κ1) is 22.0. The van der Waals surface area contributed by atoms with Gasteiger partial charge in [-0.15, -0.1) is 24.8 Å². The second-order valence-electron chi connectivity index (χ2n) is 4.89. The number of nitrogens with two attached hydrogens (primary N) is 1. The average molecular weight is 340 g/mol. The van der Waals surface area contributed by atoms with Gasteiger partial charge in [0.05, 0.1) is 6.54 Å². The van der Waals surface area contributed by atoms with Crippen LogP contribution in [0.15, 0.2) is 0 Å². The predicted octanol–water partition coefficient (Wildman–Crippen LogP) is 1.43. The number of halogens is 5. The zero-order valence-corrected chi connectivity index (χ0v) is 12.9. The standard InChI is InChI=1S/C11H20F3N3O.2ClH/c1-8(4-15)10(18)16-5-9-2-3-17(6-9)7-11(12,13)14;;/h8-9H,2-7,15H2,1H3,(H,16,18);2*1H. The summed E-state index contributed by atoms with van der Waals surface area (Å²) in [6, 6.07) is 0. The Kier molecular flexibility index (Phi) is 10.6. The van der Waals surface area contributed by atoms with E-state index in [-0.39, 0.29) is 49.1 Å². The summed E-state index contributed by atoms with van der Waals surface area (Å²) in [5, 5.41) is 2.73. The Morgan fingerprint density at radius 3 is 2.55 bits per heavy atom. The highest BCUT2D eigenvalue weighted by Gasteiger charge is 2.34. The predicted molar refractivity (Wildman–Crippen MR) is 76.3 cm³/mol. The smallest absolute Gasteiger partial charge is 0.356 e. The maximum Gasteiger partial charge on any atom is 0.401 e. The van der Waals surface area contributed by atoms with Crippen molar-refractivity contribution in [1.29, 1.82) is 0 Å². The minimum atomic E-state index is -4.15. The number of rotatable bonds is 5. The largest absolute Gasteiger partial charge is 0.401 e. The first-order valence-corrected chi connectivity index (χ1v) is 6.08. The van der Waals surface area contributed by atoms with Crippen molar-refractivity contribution >= 4 is 30.7 Å². The maximum atomic E-state index is 12.2. The molecule has 0 aromatic heterocycles. The molecular formula is C11H22Cl2F3N3O. The molecule has 122 valence electrons. The second kappa shape index (κ2) is 9.65. The molecule has 4 nitrogen and oxygen atoms in total. The molecule has 1 rings (SSSR count). The van der Waals surface area contributed by atoms with Gasteiger partial charge < -0.3 is 11.1 Å². The molecule has 0 radical (unpaired) electrons. The van der Waals surface area contributed by atoms with E-state index < -0.39 is 12.7 Å². The van der Waals surface area contributed by atoms with Crippen molar-refractivity contribution in [3.8, 4) is 0 Å². The number of carbonyl (C=O) groups is 1. The van der Waals surface area contributed by atoms with Gasteiger partial charge in [-0.1, -0.05) is 6.92 Å². The van der Waals surface area contributed by atoms with Gasteiger partial charge in [0.1, 0.15) is 0 Å². The van der Waals surface area contributed by atoms with Gasteiger partial charge in [0.2, 0.25) is 5.91 Å². The molecule has 0 aromatic rings. The van der Waals surface area contributed by atoms with Gasteiger partial charge in [-0.05, 0) is 18.9 Å². The Morgan fingerprint density at radius 1 is 1.45 bits per heavy atom. The Hall–Kier alpha value is -0.240. The third-order valence-corrected chi connectivity index (χ3v) is 3.14. The van der Waals surface area contributed by atoms with E-state index in [9.17, 15) is 18.0 Å². The summed E-state index contributed by atoms with van der Waals surface area (Å²) in [6.45, 7) is 2.38. The summed E-state index contributed by atoms with van der Waals surface area (Å²) in [7, 11) is 0. The molecule has 1 fully saturated rings. The maximum absolute atomic E-state index is 12.2. The van der Waals surface area contributed by atoms with Crippen molar-refractivity contribution in [2.75, 3.05) is 32.7 Å². The fourth-order valence-corrected chi connectivity index (χ4v) is 2.00. The van der Waals surface area contributed by atoms with Crippen molar-refractivity contribution in [3.63, 3.8) is 0 Å². The van der Waals surface area contributed by atoms with Gasteiger partial charge in [0.25, 0.3) is 0 Å². The van der Waals surface area contributed by atoms with E-state index in [0.29, 0.717) is 26.1 Å². The minimum absolute atomic E-state index is 0. The van der Waals surface area contributed by atoms with Crippen LogP contribution in [0, 0.1) is 11.8 Å². The molecule has 1 aliphatic heterocycles. The van der Waals surface area contributed by atoms with E-state index in [1.165, 1.54) is 4.90 Å². The molecule has 2 atom stereocenters. The Labute approximate surface area is 129 Å². The lowest BCUT2D eigenvalue weighted by atomic mass is 10.1. The molecule has 0 aromatic carbocycles. The van der Waals surface area contributed by atoms with Crippen molar-refractivity contribution in [3.05, 3.63) is 0 Å². The van der Waals surface area contributed by atoms with Gasteiger partial charge in [-0.25, -0.2) is 0 Å². The molecule has 1 heterocycles. The van der Waals surface area contributed by atoms with Crippen LogP contribution in [-0.4, -0.2) is 49.7 Å². The first-order valence-electron chi connectivity index (χ1n) is 6.08. The normalized spacial score (nSPS) is 20.8. The van der Waals surface area contributed by atoms with E-state index in [4.69, 9.17) is 5.73 Å². The summed E-state index contributed by atoms with van der Waals surface area (Å²) in [5.41, 5.74) is 5.35. The molecule has 1 saturated heterocycles. The molecule has 0 bridgehead atoms. The molecule has 9 heteroatoms. The lowest BCUT2D eigenvalue weighted by molar-refractivity contribution is -0.143. The van der Waals surface area contributed by atoms with Crippen LogP contribution in [0.4, 0.5) is 13.2 Å². The number of carbonyl (C=O) groups excluding carboxylic acids is 1. The van der Waals surface area contributed by atoms with Gasteiger partial charge >= 0.3 is 6.18 Å². The highest BCUT2D eigenvalue weighted by atomic mass is 35.5. The molecule has 3 N–H and O–H groups in total. The van der Waals surface area contributed by atoms with E-state index in [1.807, 2.05) is 0 Å². The van der Waals surface area contributed by atoms with Crippen LogP contribution < -0.4 is 11.1 Å². The molecule has 1 amide bonds. The molecule has 0 spiro atoms. The Balaban J connectivity index is 0. The quantitative estimate of drug-likeness (QED) is 0.796. The van der Waals surface area contributed by atoms with E-state index in [2.05, 4.69) is 5.32 Å². The number of amides is 1. The van der Waals surface area contributed by atoms with E-state index in [1.54, 1.807) is 6.92 Å². The zero-order chi connectivity index (χ0) is 13.8. The van der Waals surface area contributed by atoms with Crippen molar-refractivity contribution in [2.24, 2.45) is 17.6 Å². The van der Waals surface area contributed by atoms with Crippen LogP contribution in [0.2, 0.25) is 0 Å². The fourth-order valence-electron chi connectivity index (χ4n) is 2.00. The van der Waals surface area contributed by atoms with Crippen molar-refractivity contribution in [1.82, 2.24) is 10.2 Å². The molecular weight excluding hydrogens is 318 g/mol. The summed E-state index contributed by atoms with van der Waals surface area (Å²) in [6.07, 6.45) is -3.46. The monoisotopic (exact) mass is 339 g/mol. The van der Waals surface area contributed by atoms with Crippen LogP contribution in [0.25, 0.3) is 0 Å². The highest BCUT2D eigenvalue weighted by molar-refractivity contribution is 5.85. The molecule has 2 unspecified atom stereocenters. The Morgan fingerprint density at radius 2 is 2.05 bits per heavy atom. The van der Waals surface area contributed by atoms with Gasteiger partial charge in [-0.2, -0.15) is 13.2 Å². The molecule has 20 heavy (non-hydrogen) atoms. The fraction of sp³-hybridized carbons (Fsp3) is 0.909. The van der Waals surface area contributed by atoms with Gasteiger partial charge in [-0.3, -0.25) is 9.69 Å². The molecule has 1 aliphatic rings. The zero-order valence-electron chi connectivity index (χ0n) is 11.3. The van der Waals surface area contributed by atoms with Crippen LogP contribution in [0.5, 0.6) is 0 Å². The minimum Gasteiger partial charge on any atom is -0.356 e. The average Bonchev–Trinajstić information content (AvgIpc) is 2.69. The van der Waals surface area contributed by atoms with Crippen LogP contribution in [0.1, 0.15) is 13.3 Å². The van der Waals surface area contributed by atoms with Gasteiger partial charge in [0.15, 0.2) is 0 Å². The van der Waals surface area contributed by atoms with Gasteiger partial charge in [0, 0.05) is 25.6 Å².